The van der Waals surface area contributed by atoms with E-state index in [0.29, 0.717) is 65.9 Å². The van der Waals surface area contributed by atoms with Crippen LogP contribution in [-0.2, 0) is 6.18 Å². The molecule has 9 aromatic carbocycles. The van der Waals surface area contributed by atoms with Crippen molar-refractivity contribution in [2.45, 2.75) is 6.18 Å². The summed E-state index contributed by atoms with van der Waals surface area (Å²) in [7, 11) is 0. The summed E-state index contributed by atoms with van der Waals surface area (Å²) >= 11 is 0. The first-order valence-electron chi connectivity index (χ1n) is 20.7. The minimum atomic E-state index is -5.13. The second-order valence-electron chi connectivity index (χ2n) is 16.1. The van der Waals surface area contributed by atoms with Gasteiger partial charge in [0.1, 0.15) is 39.5 Å². The standard InChI is InChI=1S/C55H29F5N2O2/c56-40-19-7-1-13-30(40)38-29-39(31-14-2-8-20-41(31)57)52(62-43-22-10-4-18-37(43)49-45(62)28-26-35-33-16-6-12-24-47(33)64-54(35)49)50(55(58,59)60)51(38)61-42-21-9-3-17-36(42)48-44(61)27-25-34-32-15-5-11-23-46(32)63-53(34)48/h1-29H. The van der Waals surface area contributed by atoms with Gasteiger partial charge >= 0.3 is 6.18 Å². The topological polar surface area (TPSA) is 36.1 Å². The Morgan fingerprint density at radius 3 is 1.19 bits per heavy atom. The lowest BCUT2D eigenvalue weighted by Gasteiger charge is -2.27. The molecule has 0 fully saturated rings. The Kier molecular flexibility index (Phi) is 7.51. The number of halogens is 5. The molecular weight excluding hydrogens is 816 g/mol. The summed E-state index contributed by atoms with van der Waals surface area (Å²) in [6.45, 7) is 0. The van der Waals surface area contributed by atoms with E-state index in [1.165, 1.54) is 42.5 Å². The van der Waals surface area contributed by atoms with Crippen LogP contribution in [0.5, 0.6) is 0 Å². The zero-order chi connectivity index (χ0) is 43.0. The Morgan fingerprint density at radius 2 is 0.750 bits per heavy atom. The number of benzene rings is 9. The Hall–Kier alpha value is -8.17. The van der Waals surface area contributed by atoms with Crippen LogP contribution in [0.4, 0.5) is 22.0 Å². The Balaban J connectivity index is 1.29. The van der Waals surface area contributed by atoms with E-state index in [4.69, 9.17) is 8.83 Å². The Labute approximate surface area is 359 Å². The van der Waals surface area contributed by atoms with Crippen LogP contribution in [0.25, 0.3) is 121 Å². The van der Waals surface area contributed by atoms with E-state index in [0.717, 1.165) is 21.5 Å². The van der Waals surface area contributed by atoms with Gasteiger partial charge in [0.25, 0.3) is 0 Å². The van der Waals surface area contributed by atoms with Gasteiger partial charge in [0.15, 0.2) is 0 Å². The van der Waals surface area contributed by atoms with Crippen LogP contribution < -0.4 is 0 Å². The van der Waals surface area contributed by atoms with Gasteiger partial charge in [-0.25, -0.2) is 8.78 Å². The Bertz CT molecular complexity index is 3850. The second kappa shape index (κ2) is 13.2. The number of para-hydroxylation sites is 4. The maximum Gasteiger partial charge on any atom is 0.420 e. The minimum Gasteiger partial charge on any atom is -0.455 e. The van der Waals surface area contributed by atoms with Crippen molar-refractivity contribution in [2.75, 3.05) is 0 Å². The SMILES string of the molecule is Fc1ccccc1-c1cc(-c2ccccc2F)c(-n2c3ccccc3c3c4oc5ccccc5c4ccc32)c(C(F)(F)F)c1-n1c2ccccc2c2c3oc4ccccc4c3ccc21. The quantitative estimate of drug-likeness (QED) is 0.166. The van der Waals surface area contributed by atoms with Crippen LogP contribution in [0.15, 0.2) is 185 Å². The number of nitrogens with zero attached hydrogens (tertiary/aromatic N) is 2. The Morgan fingerprint density at radius 1 is 0.359 bits per heavy atom. The first kappa shape index (κ1) is 36.5. The highest BCUT2D eigenvalue weighted by atomic mass is 19.4. The molecular formula is C55H29F5N2O2. The van der Waals surface area contributed by atoms with Gasteiger partial charge in [0.05, 0.1) is 44.2 Å². The van der Waals surface area contributed by atoms with Crippen LogP contribution in [-0.4, -0.2) is 9.13 Å². The predicted octanol–water partition coefficient (Wildman–Crippen LogP) is 16.3. The first-order chi connectivity index (χ1) is 31.3. The summed E-state index contributed by atoms with van der Waals surface area (Å²) in [6, 6.07) is 50.0. The van der Waals surface area contributed by atoms with E-state index in [-0.39, 0.29) is 33.6 Å². The molecule has 13 aromatic rings. The van der Waals surface area contributed by atoms with E-state index in [1.54, 1.807) is 57.7 Å². The van der Waals surface area contributed by atoms with Crippen molar-refractivity contribution in [3.63, 3.8) is 0 Å². The normalized spacial score (nSPS) is 12.5. The monoisotopic (exact) mass is 844 g/mol. The second-order valence-corrected chi connectivity index (χ2v) is 16.1. The summed E-state index contributed by atoms with van der Waals surface area (Å²) < 4.78 is 101. The summed E-state index contributed by atoms with van der Waals surface area (Å²) in [4.78, 5) is 0. The molecule has 4 heterocycles. The zero-order valence-corrected chi connectivity index (χ0v) is 33.3. The number of hydrogen-bond donors (Lipinski definition) is 0. The third kappa shape index (κ3) is 4.97. The third-order valence-electron chi connectivity index (χ3n) is 12.7. The summed E-state index contributed by atoms with van der Waals surface area (Å²) in [5, 5.41) is 5.79. The number of aromatic nitrogens is 2. The molecule has 0 spiro atoms. The lowest BCUT2D eigenvalue weighted by atomic mass is 9.90. The minimum absolute atomic E-state index is 0.0831. The van der Waals surface area contributed by atoms with Crippen molar-refractivity contribution in [3.05, 3.63) is 193 Å². The molecule has 0 N–H and O–H groups in total. The van der Waals surface area contributed by atoms with Crippen LogP contribution in [0.1, 0.15) is 5.56 Å². The predicted molar refractivity (Wildman–Crippen MR) is 245 cm³/mol. The maximum absolute atomic E-state index is 17.2. The van der Waals surface area contributed by atoms with Crippen molar-refractivity contribution in [3.8, 4) is 33.6 Å². The molecule has 0 saturated carbocycles. The molecule has 4 aromatic heterocycles. The molecule has 306 valence electrons. The molecule has 0 unspecified atom stereocenters. The van der Waals surface area contributed by atoms with Crippen molar-refractivity contribution in [1.82, 2.24) is 9.13 Å². The number of furan rings is 2. The maximum atomic E-state index is 17.2. The van der Waals surface area contributed by atoms with Crippen LogP contribution in [0.2, 0.25) is 0 Å². The fourth-order valence-corrected chi connectivity index (χ4v) is 10.1. The molecule has 0 aliphatic carbocycles. The highest BCUT2D eigenvalue weighted by Crippen LogP contribution is 2.53. The van der Waals surface area contributed by atoms with Crippen LogP contribution in [0, 0.1) is 11.6 Å². The molecule has 13 rings (SSSR count). The molecule has 0 aliphatic rings. The van der Waals surface area contributed by atoms with Crippen molar-refractivity contribution in [2.24, 2.45) is 0 Å². The van der Waals surface area contributed by atoms with Crippen LogP contribution in [0.3, 0.4) is 0 Å². The number of hydrogen-bond acceptors (Lipinski definition) is 2. The van der Waals surface area contributed by atoms with E-state index in [2.05, 4.69) is 0 Å². The van der Waals surface area contributed by atoms with E-state index < -0.39 is 23.4 Å². The van der Waals surface area contributed by atoms with Crippen LogP contribution >= 0.6 is 0 Å². The van der Waals surface area contributed by atoms with Gasteiger partial charge in [0, 0.05) is 54.6 Å². The first-order valence-corrected chi connectivity index (χ1v) is 20.7. The van der Waals surface area contributed by atoms with E-state index in [1.807, 2.05) is 84.9 Å². The van der Waals surface area contributed by atoms with Gasteiger partial charge < -0.3 is 18.0 Å². The smallest absolute Gasteiger partial charge is 0.420 e. The van der Waals surface area contributed by atoms with Gasteiger partial charge in [-0.05, 0) is 66.7 Å². The summed E-state index contributed by atoms with van der Waals surface area (Å²) in [5.41, 5.74) is 1.87. The number of fused-ring (bicyclic) bond motifs is 14. The molecule has 4 nitrogen and oxygen atoms in total. The molecule has 0 aliphatic heterocycles. The van der Waals surface area contributed by atoms with Gasteiger partial charge in [-0.15, -0.1) is 0 Å². The van der Waals surface area contributed by atoms with E-state index >= 15 is 22.0 Å². The molecule has 0 atom stereocenters. The lowest BCUT2D eigenvalue weighted by molar-refractivity contribution is -0.137. The highest BCUT2D eigenvalue weighted by molar-refractivity contribution is 6.26. The average Bonchev–Trinajstić information content (AvgIpc) is 4.06. The zero-order valence-electron chi connectivity index (χ0n) is 33.3. The summed E-state index contributed by atoms with van der Waals surface area (Å²) in [5.74, 6) is -1.48. The molecule has 0 bridgehead atoms. The van der Waals surface area contributed by atoms with Crippen molar-refractivity contribution in [1.29, 1.82) is 0 Å². The van der Waals surface area contributed by atoms with Gasteiger partial charge in [0.2, 0.25) is 0 Å². The molecule has 0 saturated heterocycles. The van der Waals surface area contributed by atoms with Gasteiger partial charge in [-0.1, -0.05) is 109 Å². The van der Waals surface area contributed by atoms with Gasteiger partial charge in [-0.3, -0.25) is 0 Å². The highest BCUT2D eigenvalue weighted by Gasteiger charge is 2.43. The lowest BCUT2D eigenvalue weighted by Crippen LogP contribution is -2.18. The van der Waals surface area contributed by atoms with Gasteiger partial charge in [-0.2, -0.15) is 13.2 Å². The molecule has 64 heavy (non-hydrogen) atoms. The van der Waals surface area contributed by atoms with Crippen molar-refractivity contribution < 1.29 is 30.8 Å². The molecule has 9 heteroatoms. The number of alkyl halides is 3. The summed E-state index contributed by atoms with van der Waals surface area (Å²) in [6.07, 6.45) is -5.13. The largest absolute Gasteiger partial charge is 0.455 e. The fourth-order valence-electron chi connectivity index (χ4n) is 10.1. The average molecular weight is 845 g/mol. The third-order valence-corrected chi connectivity index (χ3v) is 12.7. The fraction of sp³-hybridized carbons (Fsp3) is 0.0182. The molecule has 0 amide bonds. The molecule has 0 radical (unpaired) electrons. The number of rotatable bonds is 4. The van der Waals surface area contributed by atoms with E-state index in [9.17, 15) is 0 Å². The van der Waals surface area contributed by atoms with Crippen molar-refractivity contribution >= 4 is 87.5 Å².